The van der Waals surface area contributed by atoms with E-state index < -0.39 is 0 Å². The number of rotatable bonds is 7. The normalized spacial score (nSPS) is 10.1. The third-order valence-corrected chi connectivity index (χ3v) is 3.26. The molecule has 22 heavy (non-hydrogen) atoms. The number of carbonyl (C=O) groups excluding carboxylic acids is 1. The van der Waals surface area contributed by atoms with Gasteiger partial charge in [0, 0.05) is 17.1 Å². The fourth-order valence-electron chi connectivity index (χ4n) is 1.85. The zero-order valence-electron chi connectivity index (χ0n) is 12.3. The lowest BCUT2D eigenvalue weighted by Gasteiger charge is -2.08. The van der Waals surface area contributed by atoms with Gasteiger partial charge >= 0.3 is 0 Å². The Hall–Kier alpha value is -2.20. The predicted octanol–water partition coefficient (Wildman–Crippen LogP) is 4.15. The van der Waals surface area contributed by atoms with Crippen molar-refractivity contribution in [2.75, 3.05) is 19.0 Å². The molecule has 0 saturated heterocycles. The fourth-order valence-corrected chi connectivity index (χ4v) is 1.98. The van der Waals surface area contributed by atoms with E-state index in [9.17, 15) is 4.79 Å². The second-order valence-electron chi connectivity index (χ2n) is 4.68. The standard InChI is InChI=1S/C17H18ClNO3/c1-21-15-8-10-16(11-9-15)22-12-2-3-17(20)19-14-6-4-13(18)5-7-14/h4-11H,2-3,12H2,1H3,(H,19,20). The maximum Gasteiger partial charge on any atom is 0.224 e. The highest BCUT2D eigenvalue weighted by Crippen LogP contribution is 2.17. The number of methoxy groups -OCH3 is 1. The van der Waals surface area contributed by atoms with Gasteiger partial charge in [-0.05, 0) is 55.0 Å². The molecular formula is C17H18ClNO3. The molecule has 4 nitrogen and oxygen atoms in total. The van der Waals surface area contributed by atoms with Gasteiger partial charge in [0.1, 0.15) is 11.5 Å². The molecule has 5 heteroatoms. The van der Waals surface area contributed by atoms with E-state index in [1.165, 1.54) is 0 Å². The van der Waals surface area contributed by atoms with E-state index in [-0.39, 0.29) is 5.91 Å². The summed E-state index contributed by atoms with van der Waals surface area (Å²) in [5, 5.41) is 3.46. The fraction of sp³-hybridized carbons (Fsp3) is 0.235. The smallest absolute Gasteiger partial charge is 0.224 e. The molecule has 1 amide bonds. The van der Waals surface area contributed by atoms with Crippen LogP contribution in [0.1, 0.15) is 12.8 Å². The Kier molecular flexibility index (Phi) is 6.10. The van der Waals surface area contributed by atoms with E-state index in [1.807, 2.05) is 24.3 Å². The lowest BCUT2D eigenvalue weighted by Crippen LogP contribution is -2.12. The molecule has 2 rings (SSSR count). The number of carbonyl (C=O) groups is 1. The van der Waals surface area contributed by atoms with Crippen molar-refractivity contribution in [2.45, 2.75) is 12.8 Å². The summed E-state index contributed by atoms with van der Waals surface area (Å²) in [6.07, 6.45) is 1.05. The van der Waals surface area contributed by atoms with Crippen molar-refractivity contribution >= 4 is 23.2 Å². The van der Waals surface area contributed by atoms with Gasteiger partial charge in [-0.1, -0.05) is 11.6 Å². The van der Waals surface area contributed by atoms with Crippen LogP contribution < -0.4 is 14.8 Å². The third-order valence-electron chi connectivity index (χ3n) is 3.00. The van der Waals surface area contributed by atoms with E-state index in [0.717, 1.165) is 17.2 Å². The van der Waals surface area contributed by atoms with Crippen molar-refractivity contribution in [3.63, 3.8) is 0 Å². The number of benzene rings is 2. The summed E-state index contributed by atoms with van der Waals surface area (Å²) in [5.74, 6) is 1.51. The molecule has 0 unspecified atom stereocenters. The van der Waals surface area contributed by atoms with Crippen molar-refractivity contribution in [1.82, 2.24) is 0 Å². The largest absolute Gasteiger partial charge is 0.497 e. The van der Waals surface area contributed by atoms with Gasteiger partial charge in [-0.2, -0.15) is 0 Å². The molecular weight excluding hydrogens is 302 g/mol. The summed E-state index contributed by atoms with van der Waals surface area (Å²) < 4.78 is 10.6. The lowest BCUT2D eigenvalue weighted by atomic mass is 10.2. The highest BCUT2D eigenvalue weighted by atomic mass is 35.5. The number of ether oxygens (including phenoxy) is 2. The Morgan fingerprint density at radius 3 is 2.32 bits per heavy atom. The number of hydrogen-bond acceptors (Lipinski definition) is 3. The molecule has 0 heterocycles. The molecule has 0 bridgehead atoms. The number of nitrogens with one attached hydrogen (secondary N) is 1. The molecule has 2 aromatic carbocycles. The molecule has 0 aliphatic heterocycles. The van der Waals surface area contributed by atoms with Crippen LogP contribution in [0.3, 0.4) is 0 Å². The van der Waals surface area contributed by atoms with Gasteiger partial charge in [0.25, 0.3) is 0 Å². The van der Waals surface area contributed by atoms with Crippen molar-refractivity contribution in [3.8, 4) is 11.5 Å². The van der Waals surface area contributed by atoms with Crippen LogP contribution in [0.4, 0.5) is 5.69 Å². The molecule has 0 spiro atoms. The molecule has 116 valence electrons. The van der Waals surface area contributed by atoms with Crippen LogP contribution in [-0.4, -0.2) is 19.6 Å². The summed E-state index contributed by atoms with van der Waals surface area (Å²) in [4.78, 5) is 11.8. The third kappa shape index (κ3) is 5.30. The Balaban J connectivity index is 1.67. The van der Waals surface area contributed by atoms with Crippen LogP contribution in [0.25, 0.3) is 0 Å². The SMILES string of the molecule is COc1ccc(OCCCC(=O)Nc2ccc(Cl)cc2)cc1. The average molecular weight is 320 g/mol. The highest BCUT2D eigenvalue weighted by molar-refractivity contribution is 6.30. The summed E-state index contributed by atoms with van der Waals surface area (Å²) in [7, 11) is 1.62. The van der Waals surface area contributed by atoms with Crippen molar-refractivity contribution in [2.24, 2.45) is 0 Å². The second kappa shape index (κ2) is 8.29. The molecule has 0 aliphatic carbocycles. The molecule has 1 N–H and O–H groups in total. The minimum absolute atomic E-state index is 0.0411. The first kappa shape index (κ1) is 16.2. The van der Waals surface area contributed by atoms with Crippen LogP contribution >= 0.6 is 11.6 Å². The quantitative estimate of drug-likeness (QED) is 0.780. The zero-order valence-corrected chi connectivity index (χ0v) is 13.1. The van der Waals surface area contributed by atoms with E-state index >= 15 is 0 Å². The van der Waals surface area contributed by atoms with Crippen LogP contribution in [0.2, 0.25) is 5.02 Å². The van der Waals surface area contributed by atoms with Crippen LogP contribution in [-0.2, 0) is 4.79 Å². The highest BCUT2D eigenvalue weighted by Gasteiger charge is 2.03. The van der Waals surface area contributed by atoms with E-state index in [0.29, 0.717) is 24.5 Å². The summed E-state index contributed by atoms with van der Waals surface area (Å²) in [6.45, 7) is 0.486. The van der Waals surface area contributed by atoms with Gasteiger partial charge in [-0.3, -0.25) is 4.79 Å². The molecule has 0 aromatic heterocycles. The van der Waals surface area contributed by atoms with Gasteiger partial charge in [0.15, 0.2) is 0 Å². The predicted molar refractivity (Wildman–Crippen MR) is 87.8 cm³/mol. The van der Waals surface area contributed by atoms with Crippen molar-refractivity contribution < 1.29 is 14.3 Å². The topological polar surface area (TPSA) is 47.6 Å². The molecule has 0 atom stereocenters. The first-order chi connectivity index (χ1) is 10.7. The molecule has 0 fully saturated rings. The van der Waals surface area contributed by atoms with Crippen molar-refractivity contribution in [3.05, 3.63) is 53.6 Å². The van der Waals surface area contributed by atoms with Gasteiger partial charge in [0.05, 0.1) is 13.7 Å². The van der Waals surface area contributed by atoms with Crippen molar-refractivity contribution in [1.29, 1.82) is 0 Å². The maximum atomic E-state index is 11.8. The average Bonchev–Trinajstić information content (AvgIpc) is 2.54. The molecule has 0 aliphatic rings. The number of anilines is 1. The second-order valence-corrected chi connectivity index (χ2v) is 5.12. The minimum atomic E-state index is -0.0411. The molecule has 0 saturated carbocycles. The maximum absolute atomic E-state index is 11.8. The first-order valence-electron chi connectivity index (χ1n) is 6.99. The lowest BCUT2D eigenvalue weighted by molar-refractivity contribution is -0.116. The van der Waals surface area contributed by atoms with Crippen LogP contribution in [0.15, 0.2) is 48.5 Å². The monoisotopic (exact) mass is 319 g/mol. The molecule has 2 aromatic rings. The van der Waals surface area contributed by atoms with Crippen LogP contribution in [0, 0.1) is 0 Å². The van der Waals surface area contributed by atoms with Crippen LogP contribution in [0.5, 0.6) is 11.5 Å². The van der Waals surface area contributed by atoms with Gasteiger partial charge < -0.3 is 14.8 Å². The number of hydrogen-bond donors (Lipinski definition) is 1. The Morgan fingerprint density at radius 1 is 1.05 bits per heavy atom. The summed E-state index contributed by atoms with van der Waals surface area (Å²) >= 11 is 5.79. The molecule has 0 radical (unpaired) electrons. The van der Waals surface area contributed by atoms with E-state index in [2.05, 4.69) is 5.32 Å². The summed E-state index contributed by atoms with van der Waals surface area (Å²) in [5.41, 5.74) is 0.741. The Bertz CT molecular complexity index is 596. The van der Waals surface area contributed by atoms with Gasteiger partial charge in [-0.15, -0.1) is 0 Å². The van der Waals surface area contributed by atoms with E-state index in [4.69, 9.17) is 21.1 Å². The Morgan fingerprint density at radius 2 is 1.68 bits per heavy atom. The number of halogens is 1. The van der Waals surface area contributed by atoms with E-state index in [1.54, 1.807) is 31.4 Å². The minimum Gasteiger partial charge on any atom is -0.497 e. The van der Waals surface area contributed by atoms with Gasteiger partial charge in [-0.25, -0.2) is 0 Å². The Labute approximate surface area is 135 Å². The summed E-state index contributed by atoms with van der Waals surface area (Å²) in [6, 6.07) is 14.4. The first-order valence-corrected chi connectivity index (χ1v) is 7.37. The zero-order chi connectivity index (χ0) is 15.8. The number of amides is 1. The van der Waals surface area contributed by atoms with Gasteiger partial charge in [0.2, 0.25) is 5.91 Å².